The van der Waals surface area contributed by atoms with Crippen LogP contribution in [-0.4, -0.2) is 15.6 Å². The molecule has 0 bridgehead atoms. The van der Waals surface area contributed by atoms with Gasteiger partial charge in [-0.2, -0.15) is 0 Å². The van der Waals surface area contributed by atoms with Crippen LogP contribution >= 0.6 is 0 Å². The van der Waals surface area contributed by atoms with Crippen molar-refractivity contribution < 1.29 is 0 Å². The van der Waals surface area contributed by atoms with Crippen LogP contribution < -0.4 is 5.32 Å². The maximum absolute atomic E-state index is 4.50. The molecule has 0 amide bonds. The van der Waals surface area contributed by atoms with E-state index in [9.17, 15) is 0 Å². The zero-order valence-electron chi connectivity index (χ0n) is 12.2. The van der Waals surface area contributed by atoms with Crippen LogP contribution in [0.2, 0.25) is 0 Å². The Labute approximate surface area is 111 Å². The molecule has 0 unspecified atom stereocenters. The van der Waals surface area contributed by atoms with Crippen molar-refractivity contribution in [2.75, 3.05) is 0 Å². The summed E-state index contributed by atoms with van der Waals surface area (Å²) in [5, 5.41) is 3.42. The van der Waals surface area contributed by atoms with Crippen molar-refractivity contribution in [2.24, 2.45) is 5.41 Å². The minimum absolute atomic E-state index is 0.519. The van der Waals surface area contributed by atoms with Gasteiger partial charge in [0.15, 0.2) is 0 Å². The molecule has 0 radical (unpaired) electrons. The lowest BCUT2D eigenvalue weighted by atomic mass is 9.75. The largest absolute Gasteiger partial charge is 0.334 e. The summed E-state index contributed by atoms with van der Waals surface area (Å²) in [6.07, 6.45) is 9.48. The Bertz CT molecular complexity index is 369. The predicted molar refractivity (Wildman–Crippen MR) is 75.5 cm³/mol. The van der Waals surface area contributed by atoms with Gasteiger partial charge >= 0.3 is 0 Å². The number of rotatable bonds is 4. The zero-order chi connectivity index (χ0) is 13.2. The highest BCUT2D eigenvalue weighted by atomic mass is 15.1. The third-order valence-electron chi connectivity index (χ3n) is 4.08. The summed E-state index contributed by atoms with van der Waals surface area (Å²) in [6, 6.07) is 1.18. The van der Waals surface area contributed by atoms with Crippen molar-refractivity contribution >= 4 is 0 Å². The summed E-state index contributed by atoms with van der Waals surface area (Å²) in [7, 11) is 0. The average Bonchev–Trinajstić information content (AvgIpc) is 2.75. The zero-order valence-corrected chi connectivity index (χ0v) is 12.2. The fraction of sp³-hybridized carbons (Fsp3) is 0.800. The highest BCUT2D eigenvalue weighted by Gasteiger charge is 2.27. The topological polar surface area (TPSA) is 29.9 Å². The molecule has 3 heteroatoms. The smallest absolute Gasteiger partial charge is 0.0952 e. The van der Waals surface area contributed by atoms with Gasteiger partial charge in [0.1, 0.15) is 0 Å². The first-order valence-corrected chi connectivity index (χ1v) is 7.22. The second kappa shape index (κ2) is 5.43. The Hall–Kier alpha value is -0.830. The van der Waals surface area contributed by atoms with Crippen molar-refractivity contribution in [2.45, 2.75) is 72.0 Å². The summed E-state index contributed by atoms with van der Waals surface area (Å²) in [5.41, 5.74) is 1.70. The van der Waals surface area contributed by atoms with E-state index in [4.69, 9.17) is 0 Å². The van der Waals surface area contributed by atoms with Crippen LogP contribution in [-0.2, 0) is 6.54 Å². The van der Waals surface area contributed by atoms with Crippen molar-refractivity contribution in [3.05, 3.63) is 18.2 Å². The number of nitrogens with zero attached hydrogens (tertiary/aromatic N) is 2. The van der Waals surface area contributed by atoms with Crippen LogP contribution in [0.1, 0.15) is 65.1 Å². The number of imidazole rings is 1. The van der Waals surface area contributed by atoms with Gasteiger partial charge in [-0.05, 0) is 31.1 Å². The Morgan fingerprint density at radius 1 is 1.39 bits per heavy atom. The van der Waals surface area contributed by atoms with Gasteiger partial charge in [0, 0.05) is 24.8 Å². The van der Waals surface area contributed by atoms with Gasteiger partial charge in [-0.3, -0.25) is 0 Å². The molecule has 3 nitrogen and oxygen atoms in total. The molecule has 1 aromatic heterocycles. The van der Waals surface area contributed by atoms with Gasteiger partial charge in [0.25, 0.3) is 0 Å². The molecule has 0 spiro atoms. The third-order valence-corrected chi connectivity index (χ3v) is 4.08. The van der Waals surface area contributed by atoms with E-state index in [1.165, 1.54) is 25.7 Å². The lowest BCUT2D eigenvalue weighted by Gasteiger charge is -2.34. The average molecular weight is 249 g/mol. The van der Waals surface area contributed by atoms with Crippen molar-refractivity contribution in [1.29, 1.82) is 0 Å². The Balaban J connectivity index is 1.90. The first-order valence-electron chi connectivity index (χ1n) is 7.22. The molecule has 1 saturated carbocycles. The van der Waals surface area contributed by atoms with Crippen molar-refractivity contribution in [1.82, 2.24) is 14.9 Å². The number of nitrogens with one attached hydrogen (secondary N) is 1. The molecule has 1 aliphatic rings. The second-order valence-corrected chi connectivity index (χ2v) is 6.74. The monoisotopic (exact) mass is 249 g/mol. The maximum atomic E-state index is 4.50. The molecule has 1 aromatic rings. The summed E-state index contributed by atoms with van der Waals surface area (Å²) < 4.78 is 2.33. The number of aromatic nitrogens is 2. The molecule has 2 rings (SSSR count). The first kappa shape index (κ1) is 13.6. The standard InChI is InChI=1S/C15H27N3/c1-12(2)16-9-13-10-18(11-17-13)14-5-7-15(3,4)8-6-14/h10-12,14,16H,5-9H2,1-4H3. The van der Waals surface area contributed by atoms with Crippen LogP contribution in [0.4, 0.5) is 0 Å². The minimum atomic E-state index is 0.519. The quantitative estimate of drug-likeness (QED) is 0.884. The van der Waals surface area contributed by atoms with E-state index in [1.54, 1.807) is 0 Å². The van der Waals surface area contributed by atoms with Crippen LogP contribution in [0.15, 0.2) is 12.5 Å². The highest BCUT2D eigenvalue weighted by molar-refractivity contribution is 4.99. The number of hydrogen-bond donors (Lipinski definition) is 1. The maximum Gasteiger partial charge on any atom is 0.0952 e. The minimum Gasteiger partial charge on any atom is -0.334 e. The molecule has 0 saturated heterocycles. The Morgan fingerprint density at radius 2 is 2.06 bits per heavy atom. The summed E-state index contributed by atoms with van der Waals surface area (Å²) in [6.45, 7) is 9.98. The highest BCUT2D eigenvalue weighted by Crippen LogP contribution is 2.39. The van der Waals surface area contributed by atoms with Crippen molar-refractivity contribution in [3.63, 3.8) is 0 Å². The SMILES string of the molecule is CC(C)NCc1cn(C2CCC(C)(C)CC2)cn1. The van der Waals surface area contributed by atoms with Crippen molar-refractivity contribution in [3.8, 4) is 0 Å². The summed E-state index contributed by atoms with van der Waals surface area (Å²) in [5.74, 6) is 0. The molecule has 1 N–H and O–H groups in total. The number of hydrogen-bond acceptors (Lipinski definition) is 2. The van der Waals surface area contributed by atoms with Gasteiger partial charge in [-0.15, -0.1) is 0 Å². The summed E-state index contributed by atoms with van der Waals surface area (Å²) >= 11 is 0. The van der Waals surface area contributed by atoms with E-state index in [2.05, 4.69) is 48.8 Å². The van der Waals surface area contributed by atoms with Crippen LogP contribution in [0.25, 0.3) is 0 Å². The molecule has 1 heterocycles. The molecule has 18 heavy (non-hydrogen) atoms. The third kappa shape index (κ3) is 3.58. The summed E-state index contributed by atoms with van der Waals surface area (Å²) in [4.78, 5) is 4.50. The van der Waals surface area contributed by atoms with Gasteiger partial charge < -0.3 is 9.88 Å². The molecule has 0 aliphatic heterocycles. The molecule has 0 aromatic carbocycles. The molecule has 1 aliphatic carbocycles. The second-order valence-electron chi connectivity index (χ2n) is 6.74. The van der Waals surface area contributed by atoms with Gasteiger partial charge in [0.2, 0.25) is 0 Å². The molecule has 0 atom stereocenters. The van der Waals surface area contributed by atoms with Crippen LogP contribution in [0.5, 0.6) is 0 Å². The Kier molecular flexibility index (Phi) is 4.10. The molecule has 1 fully saturated rings. The molecule has 102 valence electrons. The predicted octanol–water partition coefficient (Wildman–Crippen LogP) is 3.52. The van der Waals surface area contributed by atoms with Gasteiger partial charge in [-0.25, -0.2) is 4.98 Å². The van der Waals surface area contributed by atoms with Gasteiger partial charge in [0.05, 0.1) is 12.0 Å². The van der Waals surface area contributed by atoms with Crippen LogP contribution in [0.3, 0.4) is 0 Å². The van der Waals surface area contributed by atoms with E-state index in [-0.39, 0.29) is 0 Å². The fourth-order valence-electron chi connectivity index (χ4n) is 2.66. The first-order chi connectivity index (χ1) is 8.46. The lowest BCUT2D eigenvalue weighted by molar-refractivity contribution is 0.193. The van der Waals surface area contributed by atoms with Gasteiger partial charge in [-0.1, -0.05) is 27.7 Å². The fourth-order valence-corrected chi connectivity index (χ4v) is 2.66. The van der Waals surface area contributed by atoms with E-state index < -0.39 is 0 Å². The lowest BCUT2D eigenvalue weighted by Crippen LogP contribution is -2.23. The molecular formula is C15H27N3. The molecular weight excluding hydrogens is 222 g/mol. The van der Waals surface area contributed by atoms with E-state index in [1.807, 2.05) is 6.33 Å². The normalized spacial score (nSPS) is 20.5. The van der Waals surface area contributed by atoms with Crippen LogP contribution in [0, 0.1) is 5.41 Å². The van der Waals surface area contributed by atoms with E-state index in [0.29, 0.717) is 17.5 Å². The Morgan fingerprint density at radius 3 is 2.67 bits per heavy atom. The van der Waals surface area contributed by atoms with E-state index >= 15 is 0 Å². The van der Waals surface area contributed by atoms with E-state index in [0.717, 1.165) is 12.2 Å².